The number of ketones is 1. The first-order valence-corrected chi connectivity index (χ1v) is 14.1. The number of Topliss-reactive ketones (excluding diaryl/α,β-unsaturated/α-hetero) is 1. The van der Waals surface area contributed by atoms with Crippen LogP contribution in [0.5, 0.6) is 0 Å². The predicted octanol–water partition coefficient (Wildman–Crippen LogP) is 2.84. The van der Waals surface area contributed by atoms with Crippen molar-refractivity contribution in [1.82, 2.24) is 20.9 Å². The van der Waals surface area contributed by atoms with Gasteiger partial charge in [-0.3, -0.25) is 24.1 Å². The molecule has 1 aliphatic carbocycles. The first-order valence-electron chi connectivity index (χ1n) is 14.1. The van der Waals surface area contributed by atoms with E-state index < -0.39 is 53.2 Å². The normalized spacial score (nSPS) is 28.4. The molecular weight excluding hydrogens is 527 g/mol. The van der Waals surface area contributed by atoms with E-state index in [1.807, 2.05) is 19.2 Å². The van der Waals surface area contributed by atoms with Gasteiger partial charge in [0.15, 0.2) is 5.78 Å². The summed E-state index contributed by atoms with van der Waals surface area (Å²) >= 11 is 0. The van der Waals surface area contributed by atoms with Crippen molar-refractivity contribution < 1.29 is 32.3 Å². The summed E-state index contributed by atoms with van der Waals surface area (Å²) in [5.74, 6) is -3.69. The second-order valence-electron chi connectivity index (χ2n) is 13.4. The Bertz CT molecular complexity index is 1030. The van der Waals surface area contributed by atoms with E-state index in [0.717, 1.165) is 32.1 Å². The third-order valence-corrected chi connectivity index (χ3v) is 8.53. The lowest BCUT2D eigenvalue weighted by Crippen LogP contribution is -2.57. The quantitative estimate of drug-likeness (QED) is 0.412. The standard InChI is InChI=1S/C28H42F3N5O4/c1-26(2,3)22(34-25(40)28(29,30)31)20(37)15-36-14-17-8-6-7-9-19(17)21(36)24(39)33-18(13-32)12-16-10-11-27(4,5)35-23(16)38/h16-19,21-22H,6-12,14-15H2,1-5H3,(H,33,39)(H,34,40)(H,35,38). The lowest BCUT2D eigenvalue weighted by Gasteiger charge is -2.36. The van der Waals surface area contributed by atoms with Crippen molar-refractivity contribution in [3.8, 4) is 6.07 Å². The summed E-state index contributed by atoms with van der Waals surface area (Å²) in [5, 5.41) is 17.4. The average Bonchev–Trinajstić information content (AvgIpc) is 3.19. The number of hydrogen-bond acceptors (Lipinski definition) is 6. The number of carbonyl (C=O) groups excluding carboxylic acids is 4. The minimum atomic E-state index is -5.13. The van der Waals surface area contributed by atoms with Gasteiger partial charge in [0.05, 0.1) is 24.7 Å². The number of piperidine rings is 1. The van der Waals surface area contributed by atoms with E-state index in [0.29, 0.717) is 13.0 Å². The highest BCUT2D eigenvalue weighted by Gasteiger charge is 2.49. The molecule has 0 radical (unpaired) electrons. The Morgan fingerprint density at radius 2 is 1.77 bits per heavy atom. The van der Waals surface area contributed by atoms with Gasteiger partial charge in [-0.25, -0.2) is 0 Å². The highest BCUT2D eigenvalue weighted by molar-refractivity contribution is 5.93. The van der Waals surface area contributed by atoms with Crippen LogP contribution in [-0.2, 0) is 19.2 Å². The van der Waals surface area contributed by atoms with Crippen LogP contribution in [0.25, 0.3) is 0 Å². The van der Waals surface area contributed by atoms with Gasteiger partial charge in [-0.15, -0.1) is 0 Å². The van der Waals surface area contributed by atoms with Crippen LogP contribution in [0.4, 0.5) is 13.2 Å². The number of fused-ring (bicyclic) bond motifs is 1. The lowest BCUT2D eigenvalue weighted by atomic mass is 9.78. The molecule has 3 amide bonds. The molecular formula is C28H42F3N5O4. The van der Waals surface area contributed by atoms with Gasteiger partial charge in [-0.1, -0.05) is 33.6 Å². The SMILES string of the molecule is CC1(C)CCC(CC(C#N)NC(=O)C2C3CCCCC3CN2CC(=O)C(NC(=O)C(F)(F)F)C(C)(C)C)C(=O)N1. The van der Waals surface area contributed by atoms with Gasteiger partial charge < -0.3 is 16.0 Å². The van der Waals surface area contributed by atoms with E-state index in [4.69, 9.17) is 0 Å². The molecule has 40 heavy (non-hydrogen) atoms. The van der Waals surface area contributed by atoms with E-state index in [1.165, 1.54) is 0 Å². The molecule has 0 aromatic rings. The Labute approximate surface area is 234 Å². The van der Waals surface area contributed by atoms with Gasteiger partial charge in [-0.2, -0.15) is 18.4 Å². The van der Waals surface area contributed by atoms with E-state index >= 15 is 0 Å². The Kier molecular flexibility index (Phi) is 9.59. The number of rotatable bonds is 8. The van der Waals surface area contributed by atoms with Gasteiger partial charge in [-0.05, 0) is 63.2 Å². The number of halogens is 3. The molecule has 0 spiro atoms. The van der Waals surface area contributed by atoms with Crippen LogP contribution in [0.15, 0.2) is 0 Å². The molecule has 12 heteroatoms. The van der Waals surface area contributed by atoms with Crippen LogP contribution in [0.2, 0.25) is 0 Å². The Balaban J connectivity index is 1.75. The maximum Gasteiger partial charge on any atom is 0.471 e. The number of amides is 3. The van der Waals surface area contributed by atoms with Crippen LogP contribution in [0, 0.1) is 34.5 Å². The topological polar surface area (TPSA) is 131 Å². The summed E-state index contributed by atoms with van der Waals surface area (Å²) in [6.45, 7) is 8.69. The maximum absolute atomic E-state index is 13.6. The van der Waals surface area contributed by atoms with Gasteiger partial charge in [0, 0.05) is 18.0 Å². The van der Waals surface area contributed by atoms with E-state index in [9.17, 15) is 37.6 Å². The van der Waals surface area contributed by atoms with Crippen LogP contribution in [0.1, 0.15) is 79.6 Å². The van der Waals surface area contributed by atoms with Gasteiger partial charge in [0.1, 0.15) is 6.04 Å². The van der Waals surface area contributed by atoms with E-state index in [2.05, 4.69) is 16.7 Å². The molecule has 0 aromatic heterocycles. The smallest absolute Gasteiger partial charge is 0.351 e. The molecule has 2 heterocycles. The maximum atomic E-state index is 13.6. The van der Waals surface area contributed by atoms with Crippen molar-refractivity contribution in [3.63, 3.8) is 0 Å². The second kappa shape index (κ2) is 12.0. The predicted molar refractivity (Wildman–Crippen MR) is 140 cm³/mol. The molecule has 3 aliphatic rings. The fraction of sp³-hybridized carbons (Fsp3) is 0.821. The van der Waals surface area contributed by atoms with Crippen molar-refractivity contribution in [2.75, 3.05) is 13.1 Å². The van der Waals surface area contributed by atoms with Crippen molar-refractivity contribution in [2.24, 2.45) is 23.2 Å². The number of hydrogen-bond donors (Lipinski definition) is 3. The first kappa shape index (κ1) is 31.8. The van der Waals surface area contributed by atoms with Crippen molar-refractivity contribution in [3.05, 3.63) is 0 Å². The first-order chi connectivity index (χ1) is 18.4. The highest BCUT2D eigenvalue weighted by Crippen LogP contribution is 2.41. The zero-order valence-electron chi connectivity index (χ0n) is 24.0. The van der Waals surface area contributed by atoms with Crippen LogP contribution in [-0.4, -0.2) is 71.3 Å². The summed E-state index contributed by atoms with van der Waals surface area (Å²) in [4.78, 5) is 52.9. The molecule has 3 N–H and O–H groups in total. The molecule has 0 aromatic carbocycles. The van der Waals surface area contributed by atoms with Gasteiger partial charge in [0.2, 0.25) is 11.8 Å². The third-order valence-electron chi connectivity index (χ3n) is 8.53. The van der Waals surface area contributed by atoms with Crippen LogP contribution >= 0.6 is 0 Å². The minimum Gasteiger partial charge on any atom is -0.351 e. The third kappa shape index (κ3) is 7.74. The zero-order valence-corrected chi connectivity index (χ0v) is 24.0. The largest absolute Gasteiger partial charge is 0.471 e. The highest BCUT2D eigenvalue weighted by atomic mass is 19.4. The number of nitriles is 1. The van der Waals surface area contributed by atoms with Crippen LogP contribution in [0.3, 0.4) is 0 Å². The van der Waals surface area contributed by atoms with Gasteiger partial charge in [0.25, 0.3) is 0 Å². The lowest BCUT2D eigenvalue weighted by molar-refractivity contribution is -0.175. The molecule has 6 atom stereocenters. The molecule has 6 unspecified atom stereocenters. The molecule has 3 rings (SSSR count). The summed E-state index contributed by atoms with van der Waals surface area (Å²) in [5.41, 5.74) is -1.32. The molecule has 3 fully saturated rings. The summed E-state index contributed by atoms with van der Waals surface area (Å²) in [6.07, 6.45) is -0.0938. The molecule has 2 saturated heterocycles. The monoisotopic (exact) mass is 569 g/mol. The number of likely N-dealkylation sites (tertiary alicyclic amines) is 1. The Morgan fingerprint density at radius 1 is 1.12 bits per heavy atom. The fourth-order valence-electron chi connectivity index (χ4n) is 6.45. The second-order valence-corrected chi connectivity index (χ2v) is 13.4. The van der Waals surface area contributed by atoms with Crippen molar-refractivity contribution in [2.45, 2.75) is 109 Å². The zero-order chi connectivity index (χ0) is 30.0. The number of nitrogens with one attached hydrogen (secondary N) is 3. The average molecular weight is 570 g/mol. The van der Waals surface area contributed by atoms with Crippen molar-refractivity contribution in [1.29, 1.82) is 5.26 Å². The fourth-order valence-corrected chi connectivity index (χ4v) is 6.45. The Morgan fingerprint density at radius 3 is 2.35 bits per heavy atom. The minimum absolute atomic E-state index is 0.0578. The molecule has 2 aliphatic heterocycles. The Hall–Kier alpha value is -2.68. The summed E-state index contributed by atoms with van der Waals surface area (Å²) in [6, 6.07) is -0.951. The van der Waals surface area contributed by atoms with E-state index in [1.54, 1.807) is 25.7 Å². The van der Waals surface area contributed by atoms with E-state index in [-0.39, 0.29) is 36.2 Å². The summed E-state index contributed by atoms with van der Waals surface area (Å²) in [7, 11) is 0. The molecule has 1 saturated carbocycles. The van der Waals surface area contributed by atoms with Crippen LogP contribution < -0.4 is 16.0 Å². The molecule has 224 valence electrons. The van der Waals surface area contributed by atoms with Crippen molar-refractivity contribution >= 4 is 23.5 Å². The summed E-state index contributed by atoms with van der Waals surface area (Å²) < 4.78 is 38.9. The number of carbonyl (C=O) groups is 4. The number of nitrogens with zero attached hydrogens (tertiary/aromatic N) is 2. The molecule has 9 nitrogen and oxygen atoms in total. The van der Waals surface area contributed by atoms with Gasteiger partial charge >= 0.3 is 12.1 Å². The molecule has 0 bridgehead atoms. The number of alkyl halides is 3.